The highest BCUT2D eigenvalue weighted by Crippen LogP contribution is 2.32. The van der Waals surface area contributed by atoms with Crippen LogP contribution in [0.1, 0.15) is 12.8 Å². The predicted octanol–water partition coefficient (Wildman–Crippen LogP) is 2.60. The first-order valence-corrected chi connectivity index (χ1v) is 7.83. The molecule has 3 heterocycles. The van der Waals surface area contributed by atoms with Crippen LogP contribution in [0.15, 0.2) is 23.7 Å². The SMILES string of the molecule is CN(C)C(=O)C1CCN(c2ccnc3ccsc23)CC1. The molecule has 2 aromatic rings. The van der Waals surface area contributed by atoms with Crippen LogP contribution in [0.5, 0.6) is 0 Å². The van der Waals surface area contributed by atoms with Crippen LogP contribution in [-0.4, -0.2) is 43.0 Å². The topological polar surface area (TPSA) is 36.4 Å². The molecule has 1 amide bonds. The van der Waals surface area contributed by atoms with Gasteiger partial charge in [0, 0.05) is 39.3 Å². The Kier molecular flexibility index (Phi) is 3.61. The van der Waals surface area contributed by atoms with Gasteiger partial charge in [0.1, 0.15) is 0 Å². The van der Waals surface area contributed by atoms with Gasteiger partial charge in [-0.05, 0) is 30.4 Å². The van der Waals surface area contributed by atoms with E-state index < -0.39 is 0 Å². The van der Waals surface area contributed by atoms with Gasteiger partial charge >= 0.3 is 0 Å². The van der Waals surface area contributed by atoms with E-state index in [1.807, 2.05) is 20.3 Å². The summed E-state index contributed by atoms with van der Waals surface area (Å²) in [6, 6.07) is 4.15. The number of rotatable bonds is 2. The van der Waals surface area contributed by atoms with Gasteiger partial charge in [0.15, 0.2) is 0 Å². The summed E-state index contributed by atoms with van der Waals surface area (Å²) in [5.41, 5.74) is 2.33. The average molecular weight is 289 g/mol. The second-order valence-electron chi connectivity index (χ2n) is 5.46. The van der Waals surface area contributed by atoms with Crippen LogP contribution in [0.4, 0.5) is 5.69 Å². The maximum Gasteiger partial charge on any atom is 0.225 e. The average Bonchev–Trinajstić information content (AvgIpc) is 2.95. The summed E-state index contributed by atoms with van der Waals surface area (Å²) in [6.45, 7) is 1.89. The molecule has 1 aliphatic heterocycles. The summed E-state index contributed by atoms with van der Waals surface area (Å²) in [4.78, 5) is 20.5. The van der Waals surface area contributed by atoms with Gasteiger partial charge in [-0.25, -0.2) is 0 Å². The number of carbonyl (C=O) groups is 1. The second kappa shape index (κ2) is 5.40. The highest BCUT2D eigenvalue weighted by atomic mass is 32.1. The van der Waals surface area contributed by atoms with Crippen LogP contribution < -0.4 is 4.90 Å². The van der Waals surface area contributed by atoms with E-state index in [1.165, 1.54) is 10.4 Å². The van der Waals surface area contributed by atoms with Crippen molar-refractivity contribution in [2.24, 2.45) is 5.92 Å². The molecular formula is C15H19N3OS. The lowest BCUT2D eigenvalue weighted by Gasteiger charge is -2.34. The molecule has 0 unspecified atom stereocenters. The molecule has 0 aliphatic carbocycles. The fraction of sp³-hybridized carbons (Fsp3) is 0.467. The Labute approximate surface area is 123 Å². The Morgan fingerprint density at radius 3 is 2.80 bits per heavy atom. The van der Waals surface area contributed by atoms with Crippen LogP contribution >= 0.6 is 11.3 Å². The minimum atomic E-state index is 0.182. The number of fused-ring (bicyclic) bond motifs is 1. The Hall–Kier alpha value is -1.62. The Morgan fingerprint density at radius 2 is 2.10 bits per heavy atom. The second-order valence-corrected chi connectivity index (χ2v) is 6.38. The van der Waals surface area contributed by atoms with Crippen molar-refractivity contribution in [3.63, 3.8) is 0 Å². The number of hydrogen-bond acceptors (Lipinski definition) is 4. The molecule has 0 spiro atoms. The number of piperidine rings is 1. The third kappa shape index (κ3) is 2.38. The third-order valence-electron chi connectivity index (χ3n) is 3.95. The first-order chi connectivity index (χ1) is 9.66. The minimum Gasteiger partial charge on any atom is -0.370 e. The zero-order valence-corrected chi connectivity index (χ0v) is 12.7. The van der Waals surface area contributed by atoms with Crippen molar-refractivity contribution in [2.75, 3.05) is 32.1 Å². The number of hydrogen-bond donors (Lipinski definition) is 0. The van der Waals surface area contributed by atoms with E-state index in [0.717, 1.165) is 31.4 Å². The van der Waals surface area contributed by atoms with E-state index in [2.05, 4.69) is 27.4 Å². The number of amides is 1. The maximum atomic E-state index is 12.0. The predicted molar refractivity (Wildman–Crippen MR) is 83.3 cm³/mol. The molecule has 0 aromatic carbocycles. The zero-order chi connectivity index (χ0) is 14.1. The quantitative estimate of drug-likeness (QED) is 0.852. The summed E-state index contributed by atoms with van der Waals surface area (Å²) in [6.07, 6.45) is 3.75. The number of pyridine rings is 1. The van der Waals surface area contributed by atoms with E-state index >= 15 is 0 Å². The number of thiophene rings is 1. The van der Waals surface area contributed by atoms with Crippen molar-refractivity contribution in [1.29, 1.82) is 0 Å². The maximum absolute atomic E-state index is 12.0. The van der Waals surface area contributed by atoms with Gasteiger partial charge in [0.05, 0.1) is 15.9 Å². The first-order valence-electron chi connectivity index (χ1n) is 6.95. The summed E-state index contributed by atoms with van der Waals surface area (Å²) < 4.78 is 1.25. The summed E-state index contributed by atoms with van der Waals surface area (Å²) >= 11 is 1.74. The lowest BCUT2D eigenvalue weighted by atomic mass is 9.95. The van der Waals surface area contributed by atoms with Crippen LogP contribution in [0.2, 0.25) is 0 Å². The number of aromatic nitrogens is 1. The normalized spacial score (nSPS) is 16.6. The molecular weight excluding hydrogens is 270 g/mol. The molecule has 5 heteroatoms. The van der Waals surface area contributed by atoms with Gasteiger partial charge in [-0.15, -0.1) is 11.3 Å². The molecule has 0 atom stereocenters. The van der Waals surface area contributed by atoms with Crippen LogP contribution in [-0.2, 0) is 4.79 Å². The van der Waals surface area contributed by atoms with Gasteiger partial charge in [-0.1, -0.05) is 0 Å². The minimum absolute atomic E-state index is 0.182. The molecule has 0 N–H and O–H groups in total. The lowest BCUT2D eigenvalue weighted by molar-refractivity contribution is -0.133. The fourth-order valence-electron chi connectivity index (χ4n) is 2.84. The van der Waals surface area contributed by atoms with Crippen molar-refractivity contribution < 1.29 is 4.79 Å². The molecule has 3 rings (SSSR count). The summed E-state index contributed by atoms with van der Waals surface area (Å²) in [5, 5.41) is 2.09. The molecule has 2 aromatic heterocycles. The highest BCUT2D eigenvalue weighted by Gasteiger charge is 2.26. The van der Waals surface area contributed by atoms with E-state index in [9.17, 15) is 4.79 Å². The van der Waals surface area contributed by atoms with E-state index in [0.29, 0.717) is 0 Å². The highest BCUT2D eigenvalue weighted by molar-refractivity contribution is 7.17. The van der Waals surface area contributed by atoms with Gasteiger partial charge in [0.2, 0.25) is 5.91 Å². The molecule has 1 fully saturated rings. The largest absolute Gasteiger partial charge is 0.370 e. The van der Waals surface area contributed by atoms with Gasteiger partial charge in [-0.3, -0.25) is 9.78 Å². The van der Waals surface area contributed by atoms with Crippen molar-refractivity contribution in [3.8, 4) is 0 Å². The van der Waals surface area contributed by atoms with Crippen molar-refractivity contribution in [2.45, 2.75) is 12.8 Å². The fourth-order valence-corrected chi connectivity index (χ4v) is 3.73. The number of nitrogens with zero attached hydrogens (tertiary/aromatic N) is 3. The Bertz CT molecular complexity index is 614. The van der Waals surface area contributed by atoms with Crippen molar-refractivity contribution in [1.82, 2.24) is 9.88 Å². The number of anilines is 1. The van der Waals surface area contributed by atoms with Gasteiger partial charge < -0.3 is 9.80 Å². The lowest BCUT2D eigenvalue weighted by Crippen LogP contribution is -2.40. The van der Waals surface area contributed by atoms with Crippen molar-refractivity contribution in [3.05, 3.63) is 23.7 Å². The van der Waals surface area contributed by atoms with Gasteiger partial charge in [-0.2, -0.15) is 0 Å². The van der Waals surface area contributed by atoms with Gasteiger partial charge in [0.25, 0.3) is 0 Å². The number of carbonyl (C=O) groups excluding carboxylic acids is 1. The Balaban J connectivity index is 1.75. The molecule has 0 bridgehead atoms. The first kappa shape index (κ1) is 13.4. The molecule has 0 radical (unpaired) electrons. The summed E-state index contributed by atoms with van der Waals surface area (Å²) in [7, 11) is 3.68. The molecule has 1 aliphatic rings. The molecule has 1 saturated heterocycles. The van der Waals surface area contributed by atoms with Crippen molar-refractivity contribution >= 4 is 33.1 Å². The Morgan fingerprint density at radius 1 is 1.35 bits per heavy atom. The van der Waals surface area contributed by atoms with E-state index in [4.69, 9.17) is 0 Å². The third-order valence-corrected chi connectivity index (χ3v) is 4.87. The monoisotopic (exact) mass is 289 g/mol. The van der Waals surface area contributed by atoms with Crippen LogP contribution in [0, 0.1) is 5.92 Å². The standard InChI is InChI=1S/C15H19N3OS/c1-17(2)15(19)11-4-8-18(9-5-11)13-3-7-16-12-6-10-20-14(12)13/h3,6-7,10-11H,4-5,8-9H2,1-2H3. The summed E-state index contributed by atoms with van der Waals surface area (Å²) in [5.74, 6) is 0.447. The molecule has 20 heavy (non-hydrogen) atoms. The molecule has 4 nitrogen and oxygen atoms in total. The van der Waals surface area contributed by atoms with E-state index in [1.54, 1.807) is 16.2 Å². The molecule has 0 saturated carbocycles. The van der Waals surface area contributed by atoms with E-state index in [-0.39, 0.29) is 11.8 Å². The zero-order valence-electron chi connectivity index (χ0n) is 11.9. The molecule has 106 valence electrons. The van der Waals surface area contributed by atoms with Crippen LogP contribution in [0.25, 0.3) is 10.2 Å². The smallest absolute Gasteiger partial charge is 0.225 e. The van der Waals surface area contributed by atoms with Crippen LogP contribution in [0.3, 0.4) is 0 Å².